The van der Waals surface area contributed by atoms with E-state index >= 15 is 0 Å². The molecule has 0 aromatic heterocycles. The van der Waals surface area contributed by atoms with Crippen molar-refractivity contribution in [3.63, 3.8) is 0 Å². The maximum absolute atomic E-state index is 6.34. The van der Waals surface area contributed by atoms with E-state index in [1.54, 1.807) is 42.7 Å². The minimum absolute atomic E-state index is 0.278. The van der Waals surface area contributed by atoms with Crippen molar-refractivity contribution < 1.29 is 118 Å². The predicted molar refractivity (Wildman–Crippen MR) is 389 cm³/mol. The van der Waals surface area contributed by atoms with Crippen LogP contribution in [0.1, 0.15) is 66.8 Å². The van der Waals surface area contributed by atoms with Crippen molar-refractivity contribution in [2.75, 3.05) is 148 Å². The molecule has 0 bridgehead atoms. The van der Waals surface area contributed by atoms with Gasteiger partial charge in [0.05, 0.1) is 79.3 Å². The zero-order valence-electron chi connectivity index (χ0n) is 61.6. The Morgan fingerprint density at radius 1 is 0.196 bits per heavy atom. The molecule has 0 aliphatic carbocycles. The van der Waals surface area contributed by atoms with Crippen molar-refractivity contribution in [1.29, 1.82) is 0 Å². The summed E-state index contributed by atoms with van der Waals surface area (Å²) in [5.41, 5.74) is 11.5. The molecule has 572 valence electrons. The normalized spacial score (nSPS) is 15.4. The van der Waals surface area contributed by atoms with Gasteiger partial charge in [-0.25, -0.2) is 0 Å². The first-order valence-corrected chi connectivity index (χ1v) is 35.6. The Hall–Kier alpha value is -9.80. The summed E-state index contributed by atoms with van der Waals surface area (Å²) in [4.78, 5) is 0. The monoisotopic (exact) mass is 1480 g/mol. The molecular formula is C82H94O25. The number of fused-ring (bicyclic) bond motifs is 10. The minimum Gasteiger partial charge on any atom is -0.486 e. The SMILES string of the molecule is COCc1cc2c(cc1COC)OCCOc1cc3c(cc1OCCO2)COCc1cc2c(cc1COC3)OCCOc1cc(COC)c(COC)cc1OCCO2.COCc1ccc2c(c1)OCCOc1ccc(COCc3ccc4c(c3)OCCOc3ccc(COC)cc3OCCO4)cc1OCCO2. The van der Waals surface area contributed by atoms with E-state index in [4.69, 9.17) is 118 Å². The average Bonchev–Trinajstić information content (AvgIpc) is 0.819. The van der Waals surface area contributed by atoms with E-state index < -0.39 is 0 Å². The van der Waals surface area contributed by atoms with Gasteiger partial charge in [0.2, 0.25) is 0 Å². The summed E-state index contributed by atoms with van der Waals surface area (Å²) in [5, 5.41) is 0. The third-order valence-corrected chi connectivity index (χ3v) is 17.3. The zero-order chi connectivity index (χ0) is 73.8. The van der Waals surface area contributed by atoms with E-state index in [9.17, 15) is 0 Å². The van der Waals surface area contributed by atoms with Gasteiger partial charge in [-0.05, 0) is 164 Å². The van der Waals surface area contributed by atoms with E-state index in [0.29, 0.717) is 224 Å². The predicted octanol–water partition coefficient (Wildman–Crippen LogP) is 12.6. The number of rotatable bonds is 16. The molecule has 0 saturated heterocycles. The lowest BCUT2D eigenvalue weighted by Gasteiger charge is -2.23. The number of hydrogen-bond donors (Lipinski definition) is 0. The van der Waals surface area contributed by atoms with Crippen LogP contribution in [0.2, 0.25) is 0 Å². The molecule has 5 aliphatic rings. The van der Waals surface area contributed by atoms with Gasteiger partial charge >= 0.3 is 0 Å². The molecule has 0 amide bonds. The van der Waals surface area contributed by atoms with Crippen LogP contribution in [0.4, 0.5) is 0 Å². The summed E-state index contributed by atoms with van der Waals surface area (Å²) in [6.07, 6.45) is 0. The molecule has 5 aliphatic heterocycles. The van der Waals surface area contributed by atoms with Gasteiger partial charge in [-0.1, -0.05) is 24.3 Å². The molecule has 25 heteroatoms. The highest BCUT2D eigenvalue weighted by Gasteiger charge is 2.23. The van der Waals surface area contributed by atoms with Crippen LogP contribution in [-0.2, 0) is 122 Å². The van der Waals surface area contributed by atoms with Crippen LogP contribution in [0, 0.1) is 0 Å². The number of ether oxygens (including phenoxy) is 25. The highest BCUT2D eigenvalue weighted by atomic mass is 16.6. The van der Waals surface area contributed by atoms with Gasteiger partial charge in [-0.15, -0.1) is 0 Å². The Bertz CT molecular complexity index is 3760. The van der Waals surface area contributed by atoms with Crippen LogP contribution < -0.4 is 75.8 Å². The molecule has 5 heterocycles. The molecule has 0 atom stereocenters. The molecule has 0 unspecified atom stereocenters. The van der Waals surface area contributed by atoms with E-state index in [1.165, 1.54) is 0 Å². The first-order valence-electron chi connectivity index (χ1n) is 35.6. The molecule has 0 spiro atoms. The summed E-state index contributed by atoms with van der Waals surface area (Å²) in [7, 11) is 9.95. The van der Waals surface area contributed by atoms with Crippen molar-refractivity contribution in [3.8, 4) is 92.0 Å². The van der Waals surface area contributed by atoms with Crippen LogP contribution in [-0.4, -0.2) is 148 Å². The largest absolute Gasteiger partial charge is 0.486 e. The average molecular weight is 1480 g/mol. The molecule has 0 saturated carbocycles. The number of benzene rings is 8. The smallest absolute Gasteiger partial charge is 0.161 e. The van der Waals surface area contributed by atoms with Gasteiger partial charge in [-0.2, -0.15) is 0 Å². The molecule has 0 fully saturated rings. The third kappa shape index (κ3) is 21.7. The second kappa shape index (κ2) is 40.2. The second-order valence-electron chi connectivity index (χ2n) is 25.0. The van der Waals surface area contributed by atoms with Crippen LogP contribution >= 0.6 is 0 Å². The Morgan fingerprint density at radius 2 is 0.374 bits per heavy atom. The first-order chi connectivity index (χ1) is 52.7. The topological polar surface area (TPSA) is 231 Å². The van der Waals surface area contributed by atoms with Crippen molar-refractivity contribution in [3.05, 3.63) is 188 Å². The van der Waals surface area contributed by atoms with E-state index in [1.807, 2.05) is 121 Å². The zero-order valence-corrected chi connectivity index (χ0v) is 61.6. The van der Waals surface area contributed by atoms with Crippen LogP contribution in [0.5, 0.6) is 92.0 Å². The van der Waals surface area contributed by atoms with Crippen LogP contribution in [0.3, 0.4) is 0 Å². The summed E-state index contributed by atoms with van der Waals surface area (Å²) >= 11 is 0. The molecule has 8 aromatic rings. The highest BCUT2D eigenvalue weighted by molar-refractivity contribution is 5.53. The highest BCUT2D eigenvalue weighted by Crippen LogP contribution is 2.41. The van der Waals surface area contributed by atoms with Crippen molar-refractivity contribution >= 4 is 0 Å². The summed E-state index contributed by atoms with van der Waals surface area (Å²) < 4.78 is 149. The van der Waals surface area contributed by atoms with Crippen molar-refractivity contribution in [2.45, 2.75) is 79.3 Å². The van der Waals surface area contributed by atoms with Gasteiger partial charge in [0.15, 0.2) is 92.0 Å². The maximum Gasteiger partial charge on any atom is 0.161 e. The summed E-state index contributed by atoms with van der Waals surface area (Å²) in [6.45, 7) is 9.66. The Labute approximate surface area is 623 Å². The first kappa shape index (κ1) is 76.8. The fourth-order valence-electron chi connectivity index (χ4n) is 12.3. The fourth-order valence-corrected chi connectivity index (χ4v) is 12.3. The van der Waals surface area contributed by atoms with Gasteiger partial charge in [0.1, 0.15) is 106 Å². The van der Waals surface area contributed by atoms with E-state index in [2.05, 4.69) is 0 Å². The van der Waals surface area contributed by atoms with E-state index in [0.717, 1.165) is 66.8 Å². The second-order valence-corrected chi connectivity index (χ2v) is 25.0. The third-order valence-electron chi connectivity index (χ3n) is 17.3. The van der Waals surface area contributed by atoms with Crippen molar-refractivity contribution in [2.24, 2.45) is 0 Å². The molecule has 8 aromatic carbocycles. The van der Waals surface area contributed by atoms with Gasteiger partial charge < -0.3 is 118 Å². The van der Waals surface area contributed by atoms with Gasteiger partial charge in [0, 0.05) is 42.7 Å². The summed E-state index contributed by atoms with van der Waals surface area (Å²) in [6, 6.07) is 38.7. The fraction of sp³-hybridized carbons (Fsp3) is 0.415. The number of hydrogen-bond acceptors (Lipinski definition) is 25. The minimum atomic E-state index is 0.278. The Morgan fingerprint density at radius 3 is 0.579 bits per heavy atom. The van der Waals surface area contributed by atoms with Crippen LogP contribution in [0.15, 0.2) is 121 Å². The van der Waals surface area contributed by atoms with Crippen LogP contribution in [0.25, 0.3) is 0 Å². The molecule has 0 N–H and O–H groups in total. The lowest BCUT2D eigenvalue weighted by molar-refractivity contribution is 0.0793. The standard InChI is InChI=1S/C44H52O14.C38H42O11/c1-45-21-29-13-37-38(14-30(29)22-46-2)52-6-10-56-42-18-34-26-50-28-36-20-44-43(19-35(36)27-49-25-33(34)17-41(42)55-9-5-51-37)57-11-7-53-39-15-31(23-47-3)32(24-48-4)16-40(39)54-8-12-58-44;1-39-23-27-3-7-31-35(19-27)46-15-11-44-33-9-5-29(21-37(33)48-17-13-42-31)25-41-26-30-6-10-34-38(22-30)49-18-14-43-32-8-4-28(24-40-2)20-36(32)47-16-12-45-34/h13-20H,5-12,21-28H2,1-4H3;3-10,19-22H,11-18,23-26H2,1-2H3. The Kier molecular flexibility index (Phi) is 28.9. The maximum atomic E-state index is 6.34. The van der Waals surface area contributed by atoms with Crippen molar-refractivity contribution in [1.82, 2.24) is 0 Å². The lowest BCUT2D eigenvalue weighted by atomic mass is 10.1. The molecule has 0 radical (unpaired) electrons. The molecular weight excluding hydrogens is 1380 g/mol. The number of methoxy groups -OCH3 is 6. The quantitative estimate of drug-likeness (QED) is 0.0875. The molecule has 25 nitrogen and oxygen atoms in total. The van der Waals surface area contributed by atoms with Gasteiger partial charge in [0.25, 0.3) is 0 Å². The Balaban J connectivity index is 0.000000203. The van der Waals surface area contributed by atoms with Gasteiger partial charge in [-0.3, -0.25) is 0 Å². The molecule has 107 heavy (non-hydrogen) atoms. The van der Waals surface area contributed by atoms with E-state index in [-0.39, 0.29) is 52.9 Å². The lowest BCUT2D eigenvalue weighted by Crippen LogP contribution is -2.17. The summed E-state index contributed by atoms with van der Waals surface area (Å²) in [5.74, 6) is 9.89. The molecule has 13 rings (SSSR count).